The summed E-state index contributed by atoms with van der Waals surface area (Å²) >= 11 is 0. The lowest BCUT2D eigenvalue weighted by Crippen LogP contribution is -2.48. The number of benzene rings is 2. The molecule has 2 aromatic carbocycles. The Morgan fingerprint density at radius 3 is 2.58 bits per heavy atom. The number of nitrogens with zero attached hydrogens (tertiary/aromatic N) is 5. The van der Waals surface area contributed by atoms with Crippen LogP contribution in [0.5, 0.6) is 5.75 Å². The molecule has 1 saturated heterocycles. The Morgan fingerprint density at radius 1 is 1.18 bits per heavy atom. The number of ether oxygens (including phenoxy) is 3. The fourth-order valence-corrected chi connectivity index (χ4v) is 4.28. The Morgan fingerprint density at radius 2 is 1.93 bits per heavy atom. The van der Waals surface area contributed by atoms with Crippen LogP contribution in [0.15, 0.2) is 48.5 Å². The van der Waals surface area contributed by atoms with E-state index in [1.165, 1.54) is 24.3 Å². The normalized spacial score (nSPS) is 15.3. The lowest BCUT2D eigenvalue weighted by Gasteiger charge is -2.30. The summed E-state index contributed by atoms with van der Waals surface area (Å²) < 4.78 is 29.6. The Hall–Kier alpha value is -4.39. The predicted molar refractivity (Wildman–Crippen MR) is 139 cm³/mol. The number of hydrogen-bond acceptors (Lipinski definition) is 9. The van der Waals surface area contributed by atoms with Crippen LogP contribution in [-0.2, 0) is 30.4 Å². The van der Waals surface area contributed by atoms with Gasteiger partial charge in [0.15, 0.2) is 0 Å². The van der Waals surface area contributed by atoms with E-state index in [1.807, 2.05) is 0 Å². The molecule has 0 radical (unpaired) electrons. The number of methoxy groups -OCH3 is 1. The summed E-state index contributed by atoms with van der Waals surface area (Å²) in [4.78, 5) is 41.8. The van der Waals surface area contributed by atoms with Crippen molar-refractivity contribution in [1.29, 1.82) is 0 Å². The van der Waals surface area contributed by atoms with E-state index < -0.39 is 42.7 Å². The molecule has 0 saturated carbocycles. The number of aromatic nitrogens is 4. The van der Waals surface area contributed by atoms with Crippen molar-refractivity contribution in [3.8, 4) is 17.1 Å². The van der Waals surface area contributed by atoms with Crippen LogP contribution in [-0.4, -0.2) is 82.4 Å². The van der Waals surface area contributed by atoms with E-state index in [1.54, 1.807) is 38.3 Å². The van der Waals surface area contributed by atoms with Gasteiger partial charge in [0, 0.05) is 18.7 Å². The Bertz CT molecular complexity index is 1290. The van der Waals surface area contributed by atoms with Crippen LogP contribution >= 0.6 is 0 Å². The minimum absolute atomic E-state index is 0.0865. The van der Waals surface area contributed by atoms with Gasteiger partial charge in [-0.15, -0.1) is 10.2 Å². The zero-order valence-electron chi connectivity index (χ0n) is 22.3. The predicted octanol–water partition coefficient (Wildman–Crippen LogP) is 1.92. The highest BCUT2D eigenvalue weighted by molar-refractivity contribution is 5.90. The number of hydrogen-bond donors (Lipinski definition) is 1. The van der Waals surface area contributed by atoms with Crippen molar-refractivity contribution >= 4 is 17.8 Å². The molecule has 2 amide bonds. The van der Waals surface area contributed by atoms with Gasteiger partial charge in [0.2, 0.25) is 17.6 Å². The first-order chi connectivity index (χ1) is 19.4. The minimum atomic E-state index is -1.26. The van der Waals surface area contributed by atoms with Crippen molar-refractivity contribution in [2.75, 3.05) is 33.4 Å². The highest BCUT2D eigenvalue weighted by atomic mass is 19.1. The van der Waals surface area contributed by atoms with E-state index in [0.29, 0.717) is 23.5 Å². The summed E-state index contributed by atoms with van der Waals surface area (Å²) in [6, 6.07) is 10.9. The molecular weight excluding hydrogens is 523 g/mol. The maximum Gasteiger partial charge on any atom is 0.325 e. The van der Waals surface area contributed by atoms with Crippen molar-refractivity contribution in [1.82, 2.24) is 30.4 Å². The number of carbonyl (C=O) groups is 3. The van der Waals surface area contributed by atoms with E-state index in [0.717, 1.165) is 22.5 Å². The number of carbonyl (C=O) groups excluding carboxylic acids is 3. The zero-order valence-corrected chi connectivity index (χ0v) is 22.3. The van der Waals surface area contributed by atoms with Crippen LogP contribution in [0.25, 0.3) is 11.4 Å². The minimum Gasteiger partial charge on any atom is -0.497 e. The molecule has 4 rings (SSSR count). The number of rotatable bonds is 12. The van der Waals surface area contributed by atoms with E-state index in [2.05, 4.69) is 20.7 Å². The van der Waals surface area contributed by atoms with Gasteiger partial charge in [-0.3, -0.25) is 14.4 Å². The summed E-state index contributed by atoms with van der Waals surface area (Å²) in [6.07, 6.45) is 1.53. The Labute approximate surface area is 230 Å². The molecule has 1 aromatic heterocycles. The molecule has 1 fully saturated rings. The van der Waals surface area contributed by atoms with Gasteiger partial charge in [-0.2, -0.15) is 4.80 Å². The van der Waals surface area contributed by atoms with Gasteiger partial charge in [-0.25, -0.2) is 4.39 Å². The van der Waals surface area contributed by atoms with Crippen LogP contribution in [0.3, 0.4) is 0 Å². The summed E-state index contributed by atoms with van der Waals surface area (Å²) in [5, 5.41) is 15.1. The second kappa shape index (κ2) is 13.6. The van der Waals surface area contributed by atoms with Crippen LogP contribution < -0.4 is 10.1 Å². The molecule has 212 valence electrons. The van der Waals surface area contributed by atoms with Crippen LogP contribution in [0.2, 0.25) is 0 Å². The first kappa shape index (κ1) is 28.6. The molecule has 0 spiro atoms. The lowest BCUT2D eigenvalue weighted by atomic mass is 10.0. The van der Waals surface area contributed by atoms with Gasteiger partial charge in [0.05, 0.1) is 19.8 Å². The molecule has 3 aromatic rings. The summed E-state index contributed by atoms with van der Waals surface area (Å²) in [5.41, 5.74) is 0.968. The SMILES string of the molecule is CCOC(=O)CN(C(=O)Cn1nnc(-c2ccc(OC)cc2)n1)[C@@H](C(=O)NC[C@@H]1CCCO1)c1ccc(F)cc1. The summed E-state index contributed by atoms with van der Waals surface area (Å²) in [5.74, 6) is -1.48. The molecule has 1 N–H and O–H groups in total. The average molecular weight is 555 g/mol. The second-order valence-corrected chi connectivity index (χ2v) is 9.03. The first-order valence-electron chi connectivity index (χ1n) is 12.9. The van der Waals surface area contributed by atoms with Crippen LogP contribution in [0.1, 0.15) is 31.4 Å². The van der Waals surface area contributed by atoms with Crippen LogP contribution in [0.4, 0.5) is 4.39 Å². The highest BCUT2D eigenvalue weighted by Crippen LogP contribution is 2.24. The molecule has 13 heteroatoms. The largest absolute Gasteiger partial charge is 0.497 e. The molecule has 2 atom stereocenters. The number of tetrazole rings is 1. The van der Waals surface area contributed by atoms with Gasteiger partial charge in [-0.05, 0) is 66.9 Å². The molecule has 2 heterocycles. The Kier molecular flexibility index (Phi) is 9.73. The quantitative estimate of drug-likeness (QED) is 0.333. The first-order valence-corrected chi connectivity index (χ1v) is 12.9. The number of nitrogens with one attached hydrogen (secondary N) is 1. The van der Waals surface area contributed by atoms with E-state index in [4.69, 9.17) is 14.2 Å². The van der Waals surface area contributed by atoms with Gasteiger partial charge >= 0.3 is 5.97 Å². The van der Waals surface area contributed by atoms with Crippen molar-refractivity contribution in [2.24, 2.45) is 0 Å². The molecule has 1 aliphatic heterocycles. The number of esters is 1. The maximum absolute atomic E-state index is 13.7. The molecule has 1 aliphatic rings. The highest BCUT2D eigenvalue weighted by Gasteiger charge is 2.34. The molecule has 0 bridgehead atoms. The maximum atomic E-state index is 13.7. The number of halogens is 1. The topological polar surface area (TPSA) is 138 Å². The van der Waals surface area contributed by atoms with Gasteiger partial charge in [-0.1, -0.05) is 12.1 Å². The molecule has 40 heavy (non-hydrogen) atoms. The standard InChI is InChI=1S/C27H31FN6O6/c1-3-39-24(36)17-33(23(35)16-34-31-26(30-32-34)19-8-12-21(38-2)13-9-19)25(18-6-10-20(28)11-7-18)27(37)29-15-22-5-4-14-40-22/h6-13,22,25H,3-5,14-17H2,1-2H3,(H,29,37)/t22-,25+/m0/s1. The average Bonchev–Trinajstić information content (AvgIpc) is 3.65. The van der Waals surface area contributed by atoms with E-state index in [-0.39, 0.29) is 25.1 Å². The fraction of sp³-hybridized carbons (Fsp3) is 0.407. The van der Waals surface area contributed by atoms with E-state index >= 15 is 0 Å². The fourth-order valence-electron chi connectivity index (χ4n) is 4.28. The molecule has 12 nitrogen and oxygen atoms in total. The van der Waals surface area contributed by atoms with Gasteiger partial charge in [0.1, 0.15) is 30.7 Å². The van der Waals surface area contributed by atoms with Crippen molar-refractivity contribution in [3.63, 3.8) is 0 Å². The molecular formula is C27H31FN6O6. The second-order valence-electron chi connectivity index (χ2n) is 9.03. The van der Waals surface area contributed by atoms with Crippen molar-refractivity contribution in [3.05, 3.63) is 59.9 Å². The Balaban J connectivity index is 1.59. The van der Waals surface area contributed by atoms with Crippen molar-refractivity contribution in [2.45, 2.75) is 38.5 Å². The van der Waals surface area contributed by atoms with Gasteiger partial charge < -0.3 is 24.4 Å². The third kappa shape index (κ3) is 7.38. The smallest absolute Gasteiger partial charge is 0.325 e. The third-order valence-corrected chi connectivity index (χ3v) is 6.28. The van der Waals surface area contributed by atoms with Crippen LogP contribution in [0, 0.1) is 5.82 Å². The monoisotopic (exact) mass is 554 g/mol. The van der Waals surface area contributed by atoms with Crippen molar-refractivity contribution < 1.29 is 33.0 Å². The van der Waals surface area contributed by atoms with Gasteiger partial charge in [0.25, 0.3) is 0 Å². The van der Waals surface area contributed by atoms with E-state index in [9.17, 15) is 18.8 Å². The molecule has 0 aliphatic carbocycles. The third-order valence-electron chi connectivity index (χ3n) is 6.28. The zero-order chi connectivity index (χ0) is 28.5. The summed E-state index contributed by atoms with van der Waals surface area (Å²) in [6.45, 7) is 1.62. The lowest BCUT2D eigenvalue weighted by molar-refractivity contribution is -0.153. The summed E-state index contributed by atoms with van der Waals surface area (Å²) in [7, 11) is 1.55. The molecule has 0 unspecified atom stereocenters. The number of amides is 2.